The zero-order valence-electron chi connectivity index (χ0n) is 20.9. The van der Waals surface area contributed by atoms with Crippen LogP contribution in [0.2, 0.25) is 0 Å². The van der Waals surface area contributed by atoms with Crippen LogP contribution in [0.1, 0.15) is 41.8 Å². The van der Waals surface area contributed by atoms with Gasteiger partial charge in [0, 0.05) is 32.3 Å². The molecule has 2 atom stereocenters. The lowest BCUT2D eigenvalue weighted by Crippen LogP contribution is -2.42. The molecule has 0 spiro atoms. The molecule has 1 saturated heterocycles. The summed E-state index contributed by atoms with van der Waals surface area (Å²) in [6.45, 7) is 10.4. The number of aromatic nitrogens is 1. The first-order chi connectivity index (χ1) is 16.6. The van der Waals surface area contributed by atoms with E-state index in [1.807, 2.05) is 4.57 Å². The Kier molecular flexibility index (Phi) is 7.61. The number of carbonyl (C=O) groups excluding carboxylic acids is 1. The molecule has 0 N–H and O–H groups in total. The van der Waals surface area contributed by atoms with Crippen molar-refractivity contribution in [3.63, 3.8) is 0 Å². The molecular formula is C26H33N3O4S2. The lowest BCUT2D eigenvalue weighted by Gasteiger charge is -2.34. The average molecular weight is 516 g/mol. The van der Waals surface area contributed by atoms with Gasteiger partial charge in [0.1, 0.15) is 0 Å². The minimum absolute atomic E-state index is 0.207. The molecule has 1 amide bonds. The second-order valence-electron chi connectivity index (χ2n) is 9.64. The van der Waals surface area contributed by atoms with Crippen LogP contribution in [0.25, 0.3) is 10.2 Å². The molecule has 3 aromatic rings. The smallest absolute Gasteiger partial charge is 0.279 e. The molecule has 188 valence electrons. The molecule has 7 nitrogen and oxygen atoms in total. The second-order valence-corrected chi connectivity index (χ2v) is 12.6. The maximum absolute atomic E-state index is 13.2. The first-order valence-electron chi connectivity index (χ1n) is 11.9. The van der Waals surface area contributed by atoms with Crippen molar-refractivity contribution in [2.24, 2.45) is 16.8 Å². The Morgan fingerprint density at radius 1 is 1.09 bits per heavy atom. The van der Waals surface area contributed by atoms with Gasteiger partial charge >= 0.3 is 0 Å². The highest BCUT2D eigenvalue weighted by Gasteiger charge is 2.31. The molecule has 0 aliphatic carbocycles. The minimum Gasteiger partial charge on any atom is -0.383 e. The van der Waals surface area contributed by atoms with Crippen molar-refractivity contribution in [3.8, 4) is 0 Å². The molecule has 2 heterocycles. The lowest BCUT2D eigenvalue weighted by molar-refractivity contribution is 0.0997. The van der Waals surface area contributed by atoms with E-state index in [0.29, 0.717) is 48.4 Å². The zero-order chi connectivity index (χ0) is 25.3. The fourth-order valence-electron chi connectivity index (χ4n) is 4.68. The van der Waals surface area contributed by atoms with Gasteiger partial charge in [-0.25, -0.2) is 8.42 Å². The maximum Gasteiger partial charge on any atom is 0.279 e. The Bertz CT molecular complexity index is 1390. The van der Waals surface area contributed by atoms with Crippen LogP contribution < -0.4 is 4.80 Å². The Hall–Kier alpha value is -2.33. The molecule has 4 rings (SSSR count). The van der Waals surface area contributed by atoms with Crippen LogP contribution in [0.4, 0.5) is 0 Å². The van der Waals surface area contributed by atoms with Gasteiger partial charge in [0.2, 0.25) is 10.0 Å². The summed E-state index contributed by atoms with van der Waals surface area (Å²) >= 11 is 1.46. The Morgan fingerprint density at radius 2 is 1.71 bits per heavy atom. The molecule has 2 aromatic carbocycles. The summed E-state index contributed by atoms with van der Waals surface area (Å²) in [5, 5.41) is 0. The molecule has 35 heavy (non-hydrogen) atoms. The summed E-state index contributed by atoms with van der Waals surface area (Å²) in [6.07, 6.45) is 1.03. The van der Waals surface area contributed by atoms with Gasteiger partial charge in [0.25, 0.3) is 5.91 Å². The minimum atomic E-state index is -3.60. The lowest BCUT2D eigenvalue weighted by atomic mass is 9.94. The molecule has 9 heteroatoms. The predicted octanol–water partition coefficient (Wildman–Crippen LogP) is 4.37. The summed E-state index contributed by atoms with van der Waals surface area (Å²) in [4.78, 5) is 18.2. The zero-order valence-corrected chi connectivity index (χ0v) is 22.6. The molecular weight excluding hydrogens is 482 g/mol. The van der Waals surface area contributed by atoms with Crippen molar-refractivity contribution < 1.29 is 17.9 Å². The summed E-state index contributed by atoms with van der Waals surface area (Å²) in [7, 11) is -1.95. The number of aryl methyl sites for hydroxylation is 2. The fraction of sp³-hybridized carbons (Fsp3) is 0.462. The number of sulfonamides is 1. The number of carbonyl (C=O) groups is 1. The van der Waals surface area contributed by atoms with E-state index >= 15 is 0 Å². The van der Waals surface area contributed by atoms with Crippen LogP contribution in [0.3, 0.4) is 0 Å². The average Bonchev–Trinajstić information content (AvgIpc) is 3.12. The number of methoxy groups -OCH3 is 1. The number of ether oxygens (including phenoxy) is 1. The van der Waals surface area contributed by atoms with Gasteiger partial charge in [0.15, 0.2) is 4.80 Å². The third-order valence-corrected chi connectivity index (χ3v) is 9.48. The molecule has 1 fully saturated rings. The van der Waals surface area contributed by atoms with Gasteiger partial charge < -0.3 is 9.30 Å². The second kappa shape index (κ2) is 10.3. The highest BCUT2D eigenvalue weighted by molar-refractivity contribution is 7.89. The fourth-order valence-corrected chi connectivity index (χ4v) is 7.49. The van der Waals surface area contributed by atoms with Crippen molar-refractivity contribution in [2.75, 3.05) is 26.8 Å². The topological polar surface area (TPSA) is 81.0 Å². The van der Waals surface area contributed by atoms with E-state index < -0.39 is 15.9 Å². The number of hydrogen-bond donors (Lipinski definition) is 0. The summed E-state index contributed by atoms with van der Waals surface area (Å²) in [5.74, 6) is 0.249. The Morgan fingerprint density at radius 3 is 2.34 bits per heavy atom. The molecule has 0 bridgehead atoms. The number of nitrogens with zero attached hydrogens (tertiary/aromatic N) is 3. The Balaban J connectivity index is 1.65. The molecule has 0 radical (unpaired) electrons. The van der Waals surface area contributed by atoms with E-state index in [-0.39, 0.29) is 4.90 Å². The third-order valence-electron chi connectivity index (χ3n) is 6.59. The van der Waals surface area contributed by atoms with Gasteiger partial charge in [-0.15, -0.1) is 0 Å². The largest absolute Gasteiger partial charge is 0.383 e. The number of fused-ring (bicyclic) bond motifs is 1. The summed E-state index contributed by atoms with van der Waals surface area (Å²) in [5.41, 5.74) is 3.74. The first kappa shape index (κ1) is 25.8. The van der Waals surface area contributed by atoms with Crippen molar-refractivity contribution in [1.29, 1.82) is 0 Å². The van der Waals surface area contributed by atoms with E-state index in [4.69, 9.17) is 4.74 Å². The number of thiazole rings is 1. The first-order valence-corrected chi connectivity index (χ1v) is 14.1. The van der Waals surface area contributed by atoms with Crippen LogP contribution in [0.5, 0.6) is 0 Å². The van der Waals surface area contributed by atoms with Crippen molar-refractivity contribution in [2.45, 2.75) is 45.6 Å². The van der Waals surface area contributed by atoms with Crippen LogP contribution >= 0.6 is 11.3 Å². The third kappa shape index (κ3) is 5.43. The summed E-state index contributed by atoms with van der Waals surface area (Å²) in [6, 6.07) is 10.4. The van der Waals surface area contributed by atoms with Gasteiger partial charge in [-0.2, -0.15) is 9.30 Å². The van der Waals surface area contributed by atoms with Gasteiger partial charge in [0.05, 0.1) is 21.7 Å². The van der Waals surface area contributed by atoms with Gasteiger partial charge in [-0.1, -0.05) is 25.2 Å². The van der Waals surface area contributed by atoms with Crippen LogP contribution in [0.15, 0.2) is 46.3 Å². The highest BCUT2D eigenvalue weighted by Crippen LogP contribution is 2.27. The monoisotopic (exact) mass is 515 g/mol. The molecule has 1 aliphatic rings. The van der Waals surface area contributed by atoms with E-state index in [1.54, 1.807) is 23.5 Å². The van der Waals surface area contributed by atoms with Crippen LogP contribution in [0, 0.1) is 25.7 Å². The number of rotatable bonds is 6. The number of hydrogen-bond acceptors (Lipinski definition) is 5. The van der Waals surface area contributed by atoms with E-state index in [0.717, 1.165) is 16.6 Å². The van der Waals surface area contributed by atoms with E-state index in [2.05, 4.69) is 44.8 Å². The normalized spacial score (nSPS) is 20.0. The SMILES string of the molecule is COCCn1c(=NC(=O)c2ccc(S(=O)(=O)N3CC(C)CC(C)C3)cc2)sc2cc(C)c(C)cc21. The molecule has 2 unspecified atom stereocenters. The molecule has 0 saturated carbocycles. The number of amides is 1. The molecule has 1 aromatic heterocycles. The maximum atomic E-state index is 13.2. The van der Waals surface area contributed by atoms with Crippen molar-refractivity contribution in [3.05, 3.63) is 57.9 Å². The van der Waals surface area contributed by atoms with Gasteiger partial charge in [-0.05, 0) is 79.6 Å². The van der Waals surface area contributed by atoms with E-state index in [1.165, 1.54) is 34.6 Å². The Labute approximate surface area is 211 Å². The van der Waals surface area contributed by atoms with Crippen LogP contribution in [-0.2, 0) is 21.3 Å². The van der Waals surface area contributed by atoms with E-state index in [9.17, 15) is 13.2 Å². The van der Waals surface area contributed by atoms with Crippen molar-refractivity contribution >= 4 is 37.5 Å². The quantitative estimate of drug-likeness (QED) is 0.488. The number of piperidine rings is 1. The standard InChI is InChI=1S/C26H33N3O4S2/c1-17-12-18(2)16-28(15-17)35(31,32)22-8-6-21(7-9-22)25(30)27-26-29(10-11-33-5)23-13-19(3)20(4)14-24(23)34-26/h6-9,13-14,17-18H,10-12,15-16H2,1-5H3. The summed E-state index contributed by atoms with van der Waals surface area (Å²) < 4.78 is 36.2. The van der Waals surface area contributed by atoms with Crippen LogP contribution in [-0.4, -0.2) is 50.0 Å². The number of benzene rings is 2. The highest BCUT2D eigenvalue weighted by atomic mass is 32.2. The predicted molar refractivity (Wildman–Crippen MR) is 139 cm³/mol. The molecule has 1 aliphatic heterocycles. The van der Waals surface area contributed by atoms with Crippen molar-refractivity contribution in [1.82, 2.24) is 8.87 Å². The van der Waals surface area contributed by atoms with Gasteiger partial charge in [-0.3, -0.25) is 4.79 Å².